The zero-order valence-corrected chi connectivity index (χ0v) is 34.5. The van der Waals surface area contributed by atoms with Crippen molar-refractivity contribution in [3.63, 3.8) is 0 Å². The largest absolute Gasteiger partial charge is 0.479 e. The normalized spacial score (nSPS) is 18.9. The van der Waals surface area contributed by atoms with Gasteiger partial charge in [0.25, 0.3) is 0 Å². The minimum atomic E-state index is -3.54. The Morgan fingerprint density at radius 2 is 1.66 bits per heavy atom. The van der Waals surface area contributed by atoms with E-state index >= 15 is 0 Å². The number of aryl methyl sites for hydroxylation is 1. The molecule has 4 N–H and O–H groups in total. The molecule has 0 radical (unpaired) electrons. The van der Waals surface area contributed by atoms with E-state index in [1.165, 1.54) is 53.0 Å². The number of pyridine rings is 2. The molecule has 328 valence electrons. The minimum Gasteiger partial charge on any atom is -0.479 e. The van der Waals surface area contributed by atoms with Crippen LogP contribution in [0.25, 0.3) is 33.3 Å². The number of amides is 2. The monoisotopic (exact) mass is 880 g/mol. The minimum absolute atomic E-state index is 0.0133. The molecule has 0 bridgehead atoms. The van der Waals surface area contributed by atoms with E-state index in [1.54, 1.807) is 38.1 Å². The summed E-state index contributed by atoms with van der Waals surface area (Å²) in [5.41, 5.74) is 2.86. The summed E-state index contributed by atoms with van der Waals surface area (Å²) in [4.78, 5) is 60.3. The van der Waals surface area contributed by atoms with Gasteiger partial charge in [0.1, 0.15) is 30.7 Å². The number of aromatic nitrogens is 3. The number of likely N-dealkylation sites (N-methyl/N-ethyl adjacent to an activating group) is 2. The first kappa shape index (κ1) is 44.9. The molecular weight excluding hydrogens is 840 g/mol. The third kappa shape index (κ3) is 9.18. The topological polar surface area (TPSA) is 274 Å². The number of nitro groups is 1. The van der Waals surface area contributed by atoms with Gasteiger partial charge in [-0.05, 0) is 66.4 Å². The fourth-order valence-electron chi connectivity index (χ4n) is 6.66. The number of aliphatic hydroxyl groups is 3. The molecule has 1 saturated heterocycles. The third-order valence-electron chi connectivity index (χ3n) is 10.2. The highest BCUT2D eigenvalue weighted by Gasteiger charge is 2.48. The van der Waals surface area contributed by atoms with Gasteiger partial charge in [0.15, 0.2) is 26.7 Å². The number of hydrogen-bond donors (Lipinski definition) is 4. The zero-order chi connectivity index (χ0) is 45.4. The van der Waals surface area contributed by atoms with Gasteiger partial charge in [-0.2, -0.15) is 0 Å². The van der Waals surface area contributed by atoms with E-state index in [0.29, 0.717) is 38.9 Å². The summed E-state index contributed by atoms with van der Waals surface area (Å²) >= 11 is 0. The lowest BCUT2D eigenvalue weighted by Crippen LogP contribution is -2.61. The number of hydrogen-bond acceptors (Lipinski definition) is 15. The Morgan fingerprint density at radius 1 is 0.952 bits per heavy atom. The van der Waals surface area contributed by atoms with Gasteiger partial charge >= 0.3 is 23.8 Å². The highest BCUT2D eigenvalue weighted by Crippen LogP contribution is 2.35. The lowest BCUT2D eigenvalue weighted by Gasteiger charge is -2.38. The van der Waals surface area contributed by atoms with Crippen molar-refractivity contribution in [2.75, 3.05) is 33.4 Å². The van der Waals surface area contributed by atoms with Gasteiger partial charge in [-0.15, -0.1) is 0 Å². The van der Waals surface area contributed by atoms with Crippen molar-refractivity contribution in [2.45, 2.75) is 56.2 Å². The van der Waals surface area contributed by atoms with E-state index in [9.17, 15) is 57.7 Å². The van der Waals surface area contributed by atoms with Crippen LogP contribution in [0.15, 0.2) is 72.1 Å². The summed E-state index contributed by atoms with van der Waals surface area (Å²) in [6.07, 6.45) is -5.70. The Labute approximate surface area is 352 Å². The van der Waals surface area contributed by atoms with Crippen LogP contribution in [0.4, 0.5) is 19.7 Å². The van der Waals surface area contributed by atoms with Crippen molar-refractivity contribution in [3.8, 4) is 28.1 Å². The first-order chi connectivity index (χ1) is 29.2. The molecule has 2 aromatic carbocycles. The molecular formula is C40H41FN6O14S. The van der Waals surface area contributed by atoms with Crippen LogP contribution in [0.2, 0.25) is 0 Å². The number of aliphatic carboxylic acids is 1. The third-order valence-corrected chi connectivity index (χ3v) is 11.2. The quantitative estimate of drug-likeness (QED) is 0.103. The van der Waals surface area contributed by atoms with E-state index in [1.807, 2.05) is 0 Å². The summed E-state index contributed by atoms with van der Waals surface area (Å²) in [6, 6.07) is 11.3. The molecule has 1 aliphatic rings. The van der Waals surface area contributed by atoms with Crippen molar-refractivity contribution in [2.24, 2.45) is 0 Å². The van der Waals surface area contributed by atoms with Crippen LogP contribution >= 0.6 is 0 Å². The second-order valence-corrected chi connectivity index (χ2v) is 16.6. The first-order valence-corrected chi connectivity index (χ1v) is 20.5. The average molecular weight is 881 g/mol. The second-order valence-electron chi connectivity index (χ2n) is 14.6. The van der Waals surface area contributed by atoms with Crippen molar-refractivity contribution in [1.29, 1.82) is 0 Å². The number of carbonyl (C=O) groups is 3. The van der Waals surface area contributed by atoms with Gasteiger partial charge in [0.2, 0.25) is 6.29 Å². The zero-order valence-electron chi connectivity index (χ0n) is 33.7. The standard InChI is InChI=1S/C40H41FN6O14S/c1-20-12-32(62(5,57)58)43-17-25(20)23-7-8-28-24(14-23)15-29(26-16-42-18-27(41)21(26)2)46(28)39(53)44(3)10-11-45(4)40(54)59-19-22-6-9-31(30(13-22)47(55)56)60-38-35(50)33(48)34(49)36(61-38)37(51)52/h6-9,12-18,33-36,38,48-50H,10-11,19H2,1-5H3,(H,51,52)/t33-,34-,35+,36-,38+/m0/s1. The molecule has 0 spiro atoms. The van der Waals surface area contributed by atoms with Crippen LogP contribution in [-0.2, 0) is 30.7 Å². The lowest BCUT2D eigenvalue weighted by atomic mass is 9.99. The predicted molar refractivity (Wildman–Crippen MR) is 215 cm³/mol. The van der Waals surface area contributed by atoms with Crippen molar-refractivity contribution < 1.29 is 66.8 Å². The summed E-state index contributed by atoms with van der Waals surface area (Å²) < 4.78 is 56.1. The van der Waals surface area contributed by atoms with E-state index in [0.717, 1.165) is 24.6 Å². The Bertz CT molecular complexity index is 2690. The molecule has 4 heterocycles. The fraction of sp³-hybridized carbons (Fsp3) is 0.325. The van der Waals surface area contributed by atoms with Gasteiger partial charge in [0.05, 0.1) is 22.3 Å². The number of fused-ring (bicyclic) bond motifs is 1. The van der Waals surface area contributed by atoms with E-state index in [-0.39, 0.29) is 29.2 Å². The summed E-state index contributed by atoms with van der Waals surface area (Å²) in [5.74, 6) is -2.74. The van der Waals surface area contributed by atoms with Crippen LogP contribution < -0.4 is 4.74 Å². The summed E-state index contributed by atoms with van der Waals surface area (Å²) in [7, 11) is -0.629. The highest BCUT2D eigenvalue weighted by molar-refractivity contribution is 7.90. The Morgan fingerprint density at radius 3 is 2.32 bits per heavy atom. The van der Waals surface area contributed by atoms with Crippen LogP contribution in [-0.4, -0.2) is 140 Å². The number of carbonyl (C=O) groups excluding carboxylic acids is 2. The summed E-state index contributed by atoms with van der Waals surface area (Å²) in [6.45, 7) is 2.81. The molecule has 1 aliphatic heterocycles. The summed E-state index contributed by atoms with van der Waals surface area (Å²) in [5, 5.41) is 51.9. The van der Waals surface area contributed by atoms with Crippen molar-refractivity contribution in [3.05, 3.63) is 99.7 Å². The number of sulfone groups is 1. The average Bonchev–Trinajstić information content (AvgIpc) is 3.60. The first-order valence-electron chi connectivity index (χ1n) is 18.6. The van der Waals surface area contributed by atoms with Gasteiger partial charge in [0, 0.05) is 68.4 Å². The number of halogens is 1. The van der Waals surface area contributed by atoms with Crippen LogP contribution in [0.5, 0.6) is 5.75 Å². The lowest BCUT2D eigenvalue weighted by molar-refractivity contribution is -0.387. The maximum absolute atomic E-state index is 14.8. The number of rotatable bonds is 12. The van der Waals surface area contributed by atoms with E-state index < -0.39 is 87.4 Å². The molecule has 20 nitrogen and oxygen atoms in total. The molecule has 3 aromatic heterocycles. The van der Waals surface area contributed by atoms with Crippen molar-refractivity contribution >= 4 is 44.5 Å². The number of nitrogens with zero attached hydrogens (tertiary/aromatic N) is 6. The van der Waals surface area contributed by atoms with Crippen molar-refractivity contribution in [1.82, 2.24) is 24.3 Å². The van der Waals surface area contributed by atoms with Gasteiger partial charge < -0.3 is 44.4 Å². The molecule has 0 unspecified atom stereocenters. The molecule has 5 aromatic rings. The molecule has 0 saturated carbocycles. The number of aliphatic hydroxyl groups excluding tert-OH is 3. The molecule has 6 rings (SSSR count). The molecule has 22 heteroatoms. The molecule has 62 heavy (non-hydrogen) atoms. The fourth-order valence-corrected chi connectivity index (χ4v) is 7.30. The smallest absolute Gasteiger partial charge is 0.409 e. The Hall–Kier alpha value is -6.59. The van der Waals surface area contributed by atoms with Crippen LogP contribution in [0.3, 0.4) is 0 Å². The van der Waals surface area contributed by atoms with Crippen LogP contribution in [0.1, 0.15) is 16.7 Å². The SMILES string of the molecule is Cc1cc(S(C)(=O)=O)ncc1-c1ccc2c(c1)cc(-c1cncc(F)c1C)n2C(=O)N(C)CCN(C)C(=O)OCc1ccc(O[C@@H]2O[C@H](C(=O)O)[C@@H](O)[C@H](O)[C@H]2O)c([N+](=O)[O-])c1. The highest BCUT2D eigenvalue weighted by atomic mass is 32.2. The number of carboxylic acid groups (broad SMARTS) is 1. The predicted octanol–water partition coefficient (Wildman–Crippen LogP) is 3.27. The number of benzene rings is 2. The molecule has 5 atom stereocenters. The van der Waals surface area contributed by atoms with Gasteiger partial charge in [-0.1, -0.05) is 12.1 Å². The molecule has 0 aliphatic carbocycles. The number of carboxylic acids is 1. The maximum Gasteiger partial charge on any atom is 0.409 e. The van der Waals surface area contributed by atoms with E-state index in [4.69, 9.17) is 14.2 Å². The van der Waals surface area contributed by atoms with E-state index in [2.05, 4.69) is 9.97 Å². The number of nitro benzene ring substituents is 1. The molecule has 2 amide bonds. The second kappa shape index (κ2) is 17.8. The molecule has 1 fully saturated rings. The number of ether oxygens (including phenoxy) is 3. The van der Waals surface area contributed by atoms with Gasteiger partial charge in [-0.25, -0.2) is 32.2 Å². The Kier molecular flexibility index (Phi) is 12.9. The van der Waals surface area contributed by atoms with Gasteiger partial charge in [-0.3, -0.25) is 19.7 Å². The Balaban J connectivity index is 1.15. The maximum atomic E-state index is 14.8. The van der Waals surface area contributed by atoms with Crippen LogP contribution in [0, 0.1) is 29.8 Å².